The van der Waals surface area contributed by atoms with Crippen molar-refractivity contribution in [3.63, 3.8) is 0 Å². The summed E-state index contributed by atoms with van der Waals surface area (Å²) in [6.45, 7) is 16.6. The van der Waals surface area contributed by atoms with Gasteiger partial charge >= 0.3 is 0 Å². The van der Waals surface area contributed by atoms with Crippen LogP contribution in [-0.4, -0.2) is 75.5 Å². The monoisotopic (exact) mass is 544 g/mol. The third-order valence-corrected chi connectivity index (χ3v) is 6.60. The second-order valence-electron chi connectivity index (χ2n) is 9.17. The number of hydrogen-bond donors (Lipinski definition) is 2. The van der Waals surface area contributed by atoms with Crippen molar-refractivity contribution < 1.29 is 9.47 Å². The smallest absolute Gasteiger partial charge is 0.191 e. The van der Waals surface area contributed by atoms with Gasteiger partial charge in [0.25, 0.3) is 0 Å². The van der Waals surface area contributed by atoms with Gasteiger partial charge in [0.05, 0.1) is 19.8 Å². The Hall–Kier alpha value is -0.900. The van der Waals surface area contributed by atoms with Crippen molar-refractivity contribution in [2.45, 2.75) is 51.5 Å². The van der Waals surface area contributed by atoms with Gasteiger partial charge in [0.1, 0.15) is 0 Å². The molecule has 2 N–H and O–H groups in total. The lowest BCUT2D eigenvalue weighted by atomic mass is 9.72. The molecule has 2 heterocycles. The van der Waals surface area contributed by atoms with Crippen LogP contribution in [0.5, 0.6) is 0 Å². The summed E-state index contributed by atoms with van der Waals surface area (Å²) in [6, 6.07) is 8.78. The maximum Gasteiger partial charge on any atom is 0.191 e. The van der Waals surface area contributed by atoms with E-state index in [4.69, 9.17) is 14.5 Å². The number of aryl methyl sites for hydroxylation is 1. The minimum Gasteiger partial charge on any atom is -0.381 e. The van der Waals surface area contributed by atoms with Crippen molar-refractivity contribution in [3.05, 3.63) is 35.4 Å². The van der Waals surface area contributed by atoms with E-state index in [2.05, 4.69) is 67.5 Å². The van der Waals surface area contributed by atoms with Crippen LogP contribution in [-0.2, 0) is 14.9 Å². The van der Waals surface area contributed by atoms with Crippen molar-refractivity contribution in [1.82, 2.24) is 15.5 Å². The van der Waals surface area contributed by atoms with Crippen molar-refractivity contribution in [2.24, 2.45) is 4.99 Å². The lowest BCUT2D eigenvalue weighted by Gasteiger charge is -2.40. The predicted octanol–water partition coefficient (Wildman–Crippen LogP) is 3.33. The van der Waals surface area contributed by atoms with Crippen LogP contribution in [0, 0.1) is 6.92 Å². The molecule has 176 valence electrons. The van der Waals surface area contributed by atoms with E-state index in [0.717, 1.165) is 78.0 Å². The molecule has 1 aromatic carbocycles. The number of halogens is 1. The Labute approximate surface area is 205 Å². The maximum atomic E-state index is 5.71. The van der Waals surface area contributed by atoms with E-state index in [0.29, 0.717) is 0 Å². The molecule has 0 aromatic heterocycles. The van der Waals surface area contributed by atoms with Gasteiger partial charge in [0.15, 0.2) is 5.96 Å². The molecular weight excluding hydrogens is 503 g/mol. The molecule has 0 unspecified atom stereocenters. The quantitative estimate of drug-likeness (QED) is 0.314. The van der Waals surface area contributed by atoms with Gasteiger partial charge in [-0.1, -0.05) is 24.3 Å². The zero-order chi connectivity index (χ0) is 21.5. The Morgan fingerprint density at radius 1 is 1.06 bits per heavy atom. The summed E-state index contributed by atoms with van der Waals surface area (Å²) in [5.41, 5.74) is 2.89. The average molecular weight is 545 g/mol. The molecule has 6 nitrogen and oxygen atoms in total. The molecule has 0 amide bonds. The number of ether oxygens (including phenoxy) is 2. The fraction of sp³-hybridized carbons (Fsp3) is 0.708. The molecule has 3 rings (SSSR count). The van der Waals surface area contributed by atoms with Crippen LogP contribution in [0.4, 0.5) is 0 Å². The number of rotatable bonds is 7. The van der Waals surface area contributed by atoms with Gasteiger partial charge in [-0.2, -0.15) is 0 Å². The second-order valence-corrected chi connectivity index (χ2v) is 9.17. The summed E-state index contributed by atoms with van der Waals surface area (Å²) in [5.74, 6) is 0.901. The average Bonchev–Trinajstić information content (AvgIpc) is 2.77. The number of nitrogens with zero attached hydrogens (tertiary/aromatic N) is 2. The van der Waals surface area contributed by atoms with Gasteiger partial charge in [-0.25, -0.2) is 0 Å². The van der Waals surface area contributed by atoms with E-state index in [-0.39, 0.29) is 34.9 Å². The van der Waals surface area contributed by atoms with Crippen LogP contribution in [0.25, 0.3) is 0 Å². The fourth-order valence-electron chi connectivity index (χ4n) is 4.61. The summed E-state index contributed by atoms with van der Waals surface area (Å²) in [4.78, 5) is 7.46. The first kappa shape index (κ1) is 26.4. The van der Waals surface area contributed by atoms with Crippen LogP contribution in [0.3, 0.4) is 0 Å². The second kappa shape index (κ2) is 12.4. The van der Waals surface area contributed by atoms with Crippen molar-refractivity contribution in [3.8, 4) is 0 Å². The van der Waals surface area contributed by atoms with Crippen molar-refractivity contribution in [1.29, 1.82) is 0 Å². The van der Waals surface area contributed by atoms with Gasteiger partial charge < -0.3 is 20.1 Å². The number of benzene rings is 1. The molecule has 1 aromatic rings. The Morgan fingerprint density at radius 3 is 2.35 bits per heavy atom. The molecule has 2 aliphatic rings. The number of aliphatic imine (C=N–C) groups is 1. The van der Waals surface area contributed by atoms with Crippen LogP contribution in [0.15, 0.2) is 29.3 Å². The van der Waals surface area contributed by atoms with Crippen LogP contribution < -0.4 is 10.6 Å². The fourth-order valence-corrected chi connectivity index (χ4v) is 4.61. The Morgan fingerprint density at radius 2 is 1.71 bits per heavy atom. The summed E-state index contributed by atoms with van der Waals surface area (Å²) >= 11 is 0. The molecule has 2 saturated heterocycles. The van der Waals surface area contributed by atoms with E-state index in [1.54, 1.807) is 0 Å². The third-order valence-electron chi connectivity index (χ3n) is 6.60. The molecule has 2 aliphatic heterocycles. The van der Waals surface area contributed by atoms with E-state index < -0.39 is 0 Å². The zero-order valence-electron chi connectivity index (χ0n) is 19.7. The highest BCUT2D eigenvalue weighted by Gasteiger charge is 2.36. The molecule has 0 radical (unpaired) electrons. The lowest BCUT2D eigenvalue weighted by Crippen LogP contribution is -2.52. The topological polar surface area (TPSA) is 58.1 Å². The minimum absolute atomic E-state index is 0. The molecule has 0 bridgehead atoms. The van der Waals surface area contributed by atoms with Gasteiger partial charge in [-0.05, 0) is 51.7 Å². The highest BCUT2D eigenvalue weighted by molar-refractivity contribution is 14.0. The first-order valence-electron chi connectivity index (χ1n) is 11.5. The standard InChI is InChI=1S/C24H40N4O2.HI/c1-5-25-22(26-18-23(3,4)28-12-16-30-17-13-28)27-19-24(10-14-29-15-11-24)21-9-7-6-8-20(21)2;/h6-9H,5,10-19H2,1-4H3,(H2,25,26,27);1H. The summed E-state index contributed by atoms with van der Waals surface area (Å²) in [6.07, 6.45) is 2.06. The lowest BCUT2D eigenvalue weighted by molar-refractivity contribution is -0.00684. The molecule has 0 atom stereocenters. The summed E-state index contributed by atoms with van der Waals surface area (Å²) in [5, 5.41) is 7.12. The third kappa shape index (κ3) is 7.04. The molecular formula is C24H41IN4O2. The molecule has 7 heteroatoms. The number of hydrogen-bond acceptors (Lipinski definition) is 4. The number of morpholine rings is 1. The number of guanidine groups is 1. The highest BCUT2D eigenvalue weighted by Crippen LogP contribution is 2.36. The van der Waals surface area contributed by atoms with Crippen LogP contribution >= 0.6 is 24.0 Å². The Kier molecular flexibility index (Phi) is 10.5. The number of nitrogens with one attached hydrogen (secondary N) is 2. The van der Waals surface area contributed by atoms with Gasteiger partial charge in [0.2, 0.25) is 0 Å². The Bertz CT molecular complexity index is 699. The van der Waals surface area contributed by atoms with Crippen molar-refractivity contribution >= 4 is 29.9 Å². The van der Waals surface area contributed by atoms with Gasteiger partial charge in [-0.15, -0.1) is 24.0 Å². The van der Waals surface area contributed by atoms with E-state index >= 15 is 0 Å². The molecule has 0 spiro atoms. The van der Waals surface area contributed by atoms with Gasteiger partial charge in [0, 0.05) is 50.3 Å². The first-order valence-corrected chi connectivity index (χ1v) is 11.5. The summed E-state index contributed by atoms with van der Waals surface area (Å²) in [7, 11) is 0. The van der Waals surface area contributed by atoms with Crippen LogP contribution in [0.1, 0.15) is 44.7 Å². The van der Waals surface area contributed by atoms with E-state index in [9.17, 15) is 0 Å². The minimum atomic E-state index is 0. The highest BCUT2D eigenvalue weighted by atomic mass is 127. The first-order chi connectivity index (χ1) is 14.5. The summed E-state index contributed by atoms with van der Waals surface area (Å²) < 4.78 is 11.2. The van der Waals surface area contributed by atoms with Crippen LogP contribution in [0.2, 0.25) is 0 Å². The zero-order valence-corrected chi connectivity index (χ0v) is 22.0. The largest absolute Gasteiger partial charge is 0.381 e. The molecule has 0 saturated carbocycles. The molecule has 2 fully saturated rings. The van der Waals surface area contributed by atoms with Crippen molar-refractivity contribution in [2.75, 3.05) is 59.2 Å². The Balaban J connectivity index is 0.00000341. The molecule has 31 heavy (non-hydrogen) atoms. The molecule has 0 aliphatic carbocycles. The SMILES string of the molecule is CCNC(=NCC(C)(C)N1CCOCC1)NCC1(c2ccccc2C)CCOCC1.I. The maximum absolute atomic E-state index is 5.71. The normalized spacial score (nSPS) is 20.1. The predicted molar refractivity (Wildman–Crippen MR) is 139 cm³/mol. The van der Waals surface area contributed by atoms with E-state index in [1.165, 1.54) is 11.1 Å². The van der Waals surface area contributed by atoms with Gasteiger partial charge in [-0.3, -0.25) is 9.89 Å². The van der Waals surface area contributed by atoms with E-state index in [1.807, 2.05) is 0 Å².